The van der Waals surface area contributed by atoms with Crippen LogP contribution in [0.2, 0.25) is 0 Å². The van der Waals surface area contributed by atoms with Gasteiger partial charge >= 0.3 is 0 Å². The summed E-state index contributed by atoms with van der Waals surface area (Å²) in [5, 5.41) is 0. The first-order chi connectivity index (χ1) is 8.95. The van der Waals surface area contributed by atoms with Crippen molar-refractivity contribution in [1.29, 1.82) is 0 Å². The van der Waals surface area contributed by atoms with Crippen LogP contribution in [0.4, 0.5) is 0 Å². The molecule has 0 unspecified atom stereocenters. The third-order valence-electron chi connectivity index (χ3n) is 3.66. The molecule has 0 aliphatic heterocycles. The molecule has 0 heteroatoms. The SMILES string of the molecule is CCC(C)(C)c1ccc(C)cc1.Cc1ccccc1. The summed E-state index contributed by atoms with van der Waals surface area (Å²) in [6, 6.07) is 19.1. The molecule has 0 fully saturated rings. The number of aryl methyl sites for hydroxylation is 2. The molecule has 0 aliphatic carbocycles. The van der Waals surface area contributed by atoms with Gasteiger partial charge in [0, 0.05) is 0 Å². The van der Waals surface area contributed by atoms with Gasteiger partial charge in [0.15, 0.2) is 0 Å². The van der Waals surface area contributed by atoms with Gasteiger partial charge in [-0.15, -0.1) is 0 Å². The second-order valence-electron chi connectivity index (χ2n) is 5.76. The van der Waals surface area contributed by atoms with Crippen molar-refractivity contribution in [2.24, 2.45) is 0 Å². The lowest BCUT2D eigenvalue weighted by Crippen LogP contribution is -2.14. The Balaban J connectivity index is 0.000000218. The van der Waals surface area contributed by atoms with Crippen LogP contribution in [0.25, 0.3) is 0 Å². The largest absolute Gasteiger partial charge is 0.0646 e. The highest BCUT2D eigenvalue weighted by molar-refractivity contribution is 5.27. The van der Waals surface area contributed by atoms with Crippen LogP contribution in [0.1, 0.15) is 43.9 Å². The van der Waals surface area contributed by atoms with E-state index < -0.39 is 0 Å². The first-order valence-corrected chi connectivity index (χ1v) is 7.04. The smallest absolute Gasteiger partial charge is 0.0106 e. The minimum Gasteiger partial charge on any atom is -0.0646 e. The van der Waals surface area contributed by atoms with Gasteiger partial charge in [0.05, 0.1) is 0 Å². The van der Waals surface area contributed by atoms with Crippen molar-refractivity contribution in [3.05, 3.63) is 71.3 Å². The summed E-state index contributed by atoms with van der Waals surface area (Å²) in [6.07, 6.45) is 1.19. The van der Waals surface area contributed by atoms with Crippen LogP contribution in [0.5, 0.6) is 0 Å². The van der Waals surface area contributed by atoms with Gasteiger partial charge in [-0.05, 0) is 31.2 Å². The number of hydrogen-bond acceptors (Lipinski definition) is 0. The van der Waals surface area contributed by atoms with Gasteiger partial charge in [-0.25, -0.2) is 0 Å². The van der Waals surface area contributed by atoms with E-state index in [1.54, 1.807) is 0 Å². The third-order valence-corrected chi connectivity index (χ3v) is 3.66. The minimum atomic E-state index is 0.327. The molecule has 2 aromatic rings. The van der Waals surface area contributed by atoms with Crippen molar-refractivity contribution in [1.82, 2.24) is 0 Å². The topological polar surface area (TPSA) is 0 Å². The van der Waals surface area contributed by atoms with Crippen LogP contribution in [-0.2, 0) is 5.41 Å². The molecule has 0 aromatic heterocycles. The zero-order valence-electron chi connectivity index (χ0n) is 12.9. The van der Waals surface area contributed by atoms with E-state index >= 15 is 0 Å². The summed E-state index contributed by atoms with van der Waals surface area (Å²) < 4.78 is 0. The molecule has 0 atom stereocenters. The van der Waals surface area contributed by atoms with E-state index in [0.717, 1.165) is 0 Å². The quantitative estimate of drug-likeness (QED) is 0.647. The molecule has 0 spiro atoms. The lowest BCUT2D eigenvalue weighted by Gasteiger charge is -2.23. The Kier molecular flexibility index (Phi) is 5.82. The van der Waals surface area contributed by atoms with Gasteiger partial charge in [0.1, 0.15) is 0 Å². The van der Waals surface area contributed by atoms with Crippen molar-refractivity contribution in [3.8, 4) is 0 Å². The van der Waals surface area contributed by atoms with Gasteiger partial charge in [-0.2, -0.15) is 0 Å². The van der Waals surface area contributed by atoms with Gasteiger partial charge in [0.25, 0.3) is 0 Å². The zero-order chi connectivity index (χ0) is 14.3. The highest BCUT2D eigenvalue weighted by Crippen LogP contribution is 2.26. The van der Waals surface area contributed by atoms with Crippen LogP contribution in [0.15, 0.2) is 54.6 Å². The predicted octanol–water partition coefficient (Wildman–Crippen LogP) is 5.68. The van der Waals surface area contributed by atoms with Crippen molar-refractivity contribution in [3.63, 3.8) is 0 Å². The molecule has 2 aromatic carbocycles. The fourth-order valence-electron chi connectivity index (χ4n) is 1.74. The van der Waals surface area contributed by atoms with Crippen molar-refractivity contribution < 1.29 is 0 Å². The molecule has 19 heavy (non-hydrogen) atoms. The Bertz CT molecular complexity index is 463. The van der Waals surface area contributed by atoms with E-state index in [0.29, 0.717) is 5.41 Å². The Morgan fingerprint density at radius 3 is 1.58 bits per heavy atom. The number of benzene rings is 2. The average molecular weight is 254 g/mol. The Morgan fingerprint density at radius 2 is 1.21 bits per heavy atom. The molecule has 0 heterocycles. The molecule has 0 nitrogen and oxygen atoms in total. The van der Waals surface area contributed by atoms with Crippen molar-refractivity contribution in [2.75, 3.05) is 0 Å². The maximum absolute atomic E-state index is 2.29. The first kappa shape index (κ1) is 15.5. The zero-order valence-corrected chi connectivity index (χ0v) is 12.9. The Labute approximate surface area is 118 Å². The first-order valence-electron chi connectivity index (χ1n) is 7.04. The molecule has 0 saturated carbocycles. The summed E-state index contributed by atoms with van der Waals surface area (Å²) in [6.45, 7) is 11.0. The normalized spacial score (nSPS) is 10.6. The molecule has 102 valence electrons. The highest BCUT2D eigenvalue weighted by Gasteiger charge is 2.16. The number of rotatable bonds is 2. The van der Waals surface area contributed by atoms with Gasteiger partial charge in [0.2, 0.25) is 0 Å². The van der Waals surface area contributed by atoms with E-state index in [-0.39, 0.29) is 0 Å². The Morgan fingerprint density at radius 1 is 0.737 bits per heavy atom. The fourth-order valence-corrected chi connectivity index (χ4v) is 1.74. The van der Waals surface area contributed by atoms with Crippen LogP contribution in [0, 0.1) is 13.8 Å². The van der Waals surface area contributed by atoms with Crippen LogP contribution in [0.3, 0.4) is 0 Å². The third kappa shape index (κ3) is 5.30. The van der Waals surface area contributed by atoms with Crippen LogP contribution in [-0.4, -0.2) is 0 Å². The van der Waals surface area contributed by atoms with Gasteiger partial charge in [-0.1, -0.05) is 86.5 Å². The summed E-state index contributed by atoms with van der Waals surface area (Å²) in [7, 11) is 0. The molecule has 0 bridgehead atoms. The second kappa shape index (κ2) is 7.13. The van der Waals surface area contributed by atoms with E-state index in [1.807, 2.05) is 18.2 Å². The molecular formula is C19H26. The average Bonchev–Trinajstić information content (AvgIpc) is 2.41. The summed E-state index contributed by atoms with van der Waals surface area (Å²) in [5.41, 5.74) is 4.43. The highest BCUT2D eigenvalue weighted by atomic mass is 14.2. The van der Waals surface area contributed by atoms with Crippen LogP contribution < -0.4 is 0 Å². The van der Waals surface area contributed by atoms with E-state index in [2.05, 4.69) is 71.0 Å². The minimum absolute atomic E-state index is 0.327. The fraction of sp³-hybridized carbons (Fsp3) is 0.368. The lowest BCUT2D eigenvalue weighted by molar-refractivity contribution is 0.506. The Hall–Kier alpha value is -1.56. The summed E-state index contributed by atoms with van der Waals surface area (Å²) >= 11 is 0. The van der Waals surface area contributed by atoms with E-state index in [1.165, 1.54) is 23.1 Å². The van der Waals surface area contributed by atoms with Crippen LogP contribution >= 0.6 is 0 Å². The molecule has 2 rings (SSSR count). The monoisotopic (exact) mass is 254 g/mol. The maximum Gasteiger partial charge on any atom is -0.0106 e. The molecule has 0 radical (unpaired) electrons. The molecule has 0 saturated heterocycles. The second-order valence-corrected chi connectivity index (χ2v) is 5.76. The molecule has 0 amide bonds. The number of hydrogen-bond donors (Lipinski definition) is 0. The van der Waals surface area contributed by atoms with E-state index in [9.17, 15) is 0 Å². The maximum atomic E-state index is 2.29. The van der Waals surface area contributed by atoms with Crippen molar-refractivity contribution in [2.45, 2.75) is 46.5 Å². The summed E-state index contributed by atoms with van der Waals surface area (Å²) in [5.74, 6) is 0. The molecular weight excluding hydrogens is 228 g/mol. The standard InChI is InChI=1S/C12H18.C7H8/c1-5-12(3,4)11-8-6-10(2)7-9-11;1-7-5-3-2-4-6-7/h6-9H,5H2,1-4H3;2-6H,1H3. The van der Waals surface area contributed by atoms with Gasteiger partial charge in [-0.3, -0.25) is 0 Å². The predicted molar refractivity (Wildman–Crippen MR) is 85.7 cm³/mol. The van der Waals surface area contributed by atoms with Crippen molar-refractivity contribution >= 4 is 0 Å². The van der Waals surface area contributed by atoms with Gasteiger partial charge < -0.3 is 0 Å². The van der Waals surface area contributed by atoms with E-state index in [4.69, 9.17) is 0 Å². The summed E-state index contributed by atoms with van der Waals surface area (Å²) in [4.78, 5) is 0. The molecule has 0 aliphatic rings. The lowest BCUT2D eigenvalue weighted by atomic mass is 9.82. The molecule has 0 N–H and O–H groups in total.